The van der Waals surface area contributed by atoms with E-state index in [0.717, 1.165) is 38.9 Å². The van der Waals surface area contributed by atoms with E-state index < -0.39 is 0 Å². The summed E-state index contributed by atoms with van der Waals surface area (Å²) < 4.78 is 5.42. The first-order valence-electron chi connectivity index (χ1n) is 7.31. The molecule has 3 unspecified atom stereocenters. The fourth-order valence-corrected chi connectivity index (χ4v) is 3.22. The quantitative estimate of drug-likeness (QED) is 0.831. The van der Waals surface area contributed by atoms with E-state index in [1.165, 1.54) is 0 Å². The van der Waals surface area contributed by atoms with E-state index >= 15 is 0 Å². The number of nitrogens with one attached hydrogen (secondary N) is 1. The Bertz CT molecular complexity index is 290. The van der Waals surface area contributed by atoms with Crippen molar-refractivity contribution >= 4 is 5.91 Å². The van der Waals surface area contributed by atoms with Gasteiger partial charge in [0.15, 0.2) is 0 Å². The van der Waals surface area contributed by atoms with Crippen molar-refractivity contribution < 1.29 is 9.53 Å². The van der Waals surface area contributed by atoms with Crippen molar-refractivity contribution in [2.24, 2.45) is 5.92 Å². The van der Waals surface area contributed by atoms with Gasteiger partial charge in [0.25, 0.3) is 0 Å². The molecule has 4 nitrogen and oxygen atoms in total. The minimum Gasteiger partial charge on any atom is -0.381 e. The Kier molecular flexibility index (Phi) is 4.62. The number of ether oxygens (including phenoxy) is 1. The van der Waals surface area contributed by atoms with Gasteiger partial charge in [-0.15, -0.1) is 0 Å². The lowest BCUT2D eigenvalue weighted by Gasteiger charge is -2.37. The molecule has 1 amide bonds. The minimum atomic E-state index is -0.0242. The molecular weight excluding hydrogens is 228 g/mol. The summed E-state index contributed by atoms with van der Waals surface area (Å²) in [6.07, 6.45) is 4.55. The van der Waals surface area contributed by atoms with E-state index in [1.54, 1.807) is 0 Å². The number of carbonyl (C=O) groups excluding carboxylic acids is 1. The molecule has 2 fully saturated rings. The van der Waals surface area contributed by atoms with Gasteiger partial charge in [-0.05, 0) is 39.0 Å². The van der Waals surface area contributed by atoms with Gasteiger partial charge in [-0.3, -0.25) is 10.1 Å². The van der Waals surface area contributed by atoms with Gasteiger partial charge in [0, 0.05) is 19.3 Å². The van der Waals surface area contributed by atoms with Crippen LogP contribution in [0.2, 0.25) is 0 Å². The van der Waals surface area contributed by atoms with Crippen LogP contribution >= 0.6 is 0 Å². The monoisotopic (exact) mass is 254 g/mol. The average Bonchev–Trinajstić information content (AvgIpc) is 2.66. The van der Waals surface area contributed by atoms with Gasteiger partial charge in [0.05, 0.1) is 12.2 Å². The fraction of sp³-hybridized carbons (Fsp3) is 0.929. The Morgan fingerprint density at radius 1 is 1.44 bits per heavy atom. The van der Waals surface area contributed by atoms with Crippen molar-refractivity contribution in [2.75, 3.05) is 13.2 Å². The second-order valence-corrected chi connectivity index (χ2v) is 5.63. The number of rotatable bonds is 4. The molecule has 0 bridgehead atoms. The Morgan fingerprint density at radius 2 is 2.11 bits per heavy atom. The number of hydrogen-bond acceptors (Lipinski definition) is 3. The van der Waals surface area contributed by atoms with Crippen LogP contribution in [-0.2, 0) is 9.53 Å². The first kappa shape index (κ1) is 13.8. The summed E-state index contributed by atoms with van der Waals surface area (Å²) in [5.41, 5.74) is 0. The van der Waals surface area contributed by atoms with Gasteiger partial charge < -0.3 is 9.64 Å². The van der Waals surface area contributed by atoms with Gasteiger partial charge in [0.2, 0.25) is 5.91 Å². The molecule has 2 rings (SSSR count). The molecule has 0 aliphatic carbocycles. The van der Waals surface area contributed by atoms with Crippen molar-refractivity contribution in [2.45, 2.75) is 64.7 Å². The van der Waals surface area contributed by atoms with Crippen molar-refractivity contribution in [3.8, 4) is 0 Å². The second kappa shape index (κ2) is 6.02. The third-order valence-corrected chi connectivity index (χ3v) is 4.35. The van der Waals surface area contributed by atoms with Crippen molar-refractivity contribution in [1.82, 2.24) is 10.2 Å². The molecule has 104 valence electrons. The van der Waals surface area contributed by atoms with Gasteiger partial charge in [-0.2, -0.15) is 0 Å². The van der Waals surface area contributed by atoms with Crippen LogP contribution in [0, 0.1) is 5.92 Å². The highest BCUT2D eigenvalue weighted by molar-refractivity contribution is 5.84. The average molecular weight is 254 g/mol. The van der Waals surface area contributed by atoms with Gasteiger partial charge in [-0.1, -0.05) is 13.3 Å². The summed E-state index contributed by atoms with van der Waals surface area (Å²) >= 11 is 0. The van der Waals surface area contributed by atoms with E-state index in [2.05, 4.69) is 24.1 Å². The molecule has 2 saturated heterocycles. The Morgan fingerprint density at radius 3 is 2.72 bits per heavy atom. The lowest BCUT2D eigenvalue weighted by atomic mass is 9.91. The Hall–Kier alpha value is -0.610. The summed E-state index contributed by atoms with van der Waals surface area (Å²) in [5, 5.41) is 3.42. The van der Waals surface area contributed by atoms with E-state index in [4.69, 9.17) is 4.74 Å². The molecule has 0 aromatic rings. The first-order chi connectivity index (χ1) is 8.65. The molecule has 18 heavy (non-hydrogen) atoms. The van der Waals surface area contributed by atoms with Crippen LogP contribution in [0.1, 0.15) is 46.5 Å². The summed E-state index contributed by atoms with van der Waals surface area (Å²) in [4.78, 5) is 14.4. The third-order valence-electron chi connectivity index (χ3n) is 4.35. The van der Waals surface area contributed by atoms with Crippen LogP contribution in [0.5, 0.6) is 0 Å². The van der Waals surface area contributed by atoms with Crippen LogP contribution in [0.25, 0.3) is 0 Å². The molecule has 3 atom stereocenters. The zero-order chi connectivity index (χ0) is 13.1. The van der Waals surface area contributed by atoms with Gasteiger partial charge >= 0.3 is 0 Å². The van der Waals surface area contributed by atoms with Crippen LogP contribution in [0.15, 0.2) is 0 Å². The highest BCUT2D eigenvalue weighted by Gasteiger charge is 2.40. The maximum absolute atomic E-state index is 12.3. The lowest BCUT2D eigenvalue weighted by molar-refractivity contribution is -0.133. The van der Waals surface area contributed by atoms with Gasteiger partial charge in [0.1, 0.15) is 0 Å². The largest absolute Gasteiger partial charge is 0.381 e. The topological polar surface area (TPSA) is 41.6 Å². The molecule has 1 N–H and O–H groups in total. The summed E-state index contributed by atoms with van der Waals surface area (Å²) in [6, 6.07) is 0.305. The highest BCUT2D eigenvalue weighted by Crippen LogP contribution is 2.27. The predicted molar refractivity (Wildman–Crippen MR) is 71.1 cm³/mol. The SMILES string of the molecule is CCCC1NC(C)C(=O)N1C(C)C1CCOCC1. The molecule has 4 heteroatoms. The zero-order valence-electron chi connectivity index (χ0n) is 11.8. The van der Waals surface area contributed by atoms with Crippen LogP contribution in [0.4, 0.5) is 0 Å². The van der Waals surface area contributed by atoms with E-state index in [-0.39, 0.29) is 18.1 Å². The van der Waals surface area contributed by atoms with Crippen molar-refractivity contribution in [1.29, 1.82) is 0 Å². The molecule has 2 aliphatic rings. The third kappa shape index (κ3) is 2.69. The molecule has 0 aromatic heterocycles. The number of carbonyl (C=O) groups is 1. The smallest absolute Gasteiger partial charge is 0.240 e. The number of nitrogens with zero attached hydrogens (tertiary/aromatic N) is 1. The normalized spacial score (nSPS) is 31.9. The summed E-state index contributed by atoms with van der Waals surface area (Å²) in [7, 11) is 0. The Balaban J connectivity index is 2.05. The fourth-order valence-electron chi connectivity index (χ4n) is 3.22. The lowest BCUT2D eigenvalue weighted by Crippen LogP contribution is -2.47. The second-order valence-electron chi connectivity index (χ2n) is 5.63. The Labute approximate surface area is 110 Å². The minimum absolute atomic E-state index is 0.0242. The highest BCUT2D eigenvalue weighted by atomic mass is 16.5. The van der Waals surface area contributed by atoms with E-state index in [0.29, 0.717) is 12.0 Å². The zero-order valence-corrected chi connectivity index (χ0v) is 11.8. The predicted octanol–water partition coefficient (Wildman–Crippen LogP) is 1.75. The maximum Gasteiger partial charge on any atom is 0.240 e. The molecule has 0 spiro atoms. The molecule has 0 aromatic carbocycles. The summed E-state index contributed by atoms with van der Waals surface area (Å²) in [6.45, 7) is 8.04. The van der Waals surface area contributed by atoms with Crippen molar-refractivity contribution in [3.05, 3.63) is 0 Å². The van der Waals surface area contributed by atoms with Crippen LogP contribution in [-0.4, -0.2) is 42.3 Å². The van der Waals surface area contributed by atoms with Crippen molar-refractivity contribution in [3.63, 3.8) is 0 Å². The summed E-state index contributed by atoms with van der Waals surface area (Å²) in [5.74, 6) is 0.863. The molecule has 2 heterocycles. The molecular formula is C14H26N2O2. The molecule has 0 saturated carbocycles. The van der Waals surface area contributed by atoms with Crippen LogP contribution in [0.3, 0.4) is 0 Å². The number of hydrogen-bond donors (Lipinski definition) is 1. The van der Waals surface area contributed by atoms with E-state index in [9.17, 15) is 4.79 Å². The first-order valence-corrected chi connectivity index (χ1v) is 7.31. The standard InChI is InChI=1S/C14H26N2O2/c1-4-5-13-15-10(2)14(17)16(13)11(3)12-6-8-18-9-7-12/h10-13,15H,4-9H2,1-3H3. The number of amides is 1. The molecule has 0 radical (unpaired) electrons. The van der Waals surface area contributed by atoms with E-state index in [1.807, 2.05) is 6.92 Å². The van der Waals surface area contributed by atoms with Crippen LogP contribution < -0.4 is 5.32 Å². The molecule has 2 aliphatic heterocycles. The van der Waals surface area contributed by atoms with Gasteiger partial charge in [-0.25, -0.2) is 0 Å². The maximum atomic E-state index is 12.3.